The second kappa shape index (κ2) is 6.61. The van der Waals surface area contributed by atoms with Crippen LogP contribution in [0.1, 0.15) is 35.7 Å². The molecule has 1 heterocycles. The van der Waals surface area contributed by atoms with Crippen molar-refractivity contribution in [3.63, 3.8) is 0 Å². The third-order valence-corrected chi connectivity index (χ3v) is 3.73. The first-order valence-corrected chi connectivity index (χ1v) is 7.22. The Morgan fingerprint density at radius 1 is 1.43 bits per heavy atom. The molecule has 2 rings (SSSR count). The number of likely N-dealkylation sites (tertiary alicyclic amines) is 1. The summed E-state index contributed by atoms with van der Waals surface area (Å²) in [6.45, 7) is 5.34. The number of carbonyl (C=O) groups excluding carboxylic acids is 1. The molecule has 5 nitrogen and oxygen atoms in total. The highest BCUT2D eigenvalue weighted by Crippen LogP contribution is 2.21. The number of hydrogen-bond acceptors (Lipinski definition) is 3. The number of rotatable bonds is 4. The van der Waals surface area contributed by atoms with Gasteiger partial charge in [0.15, 0.2) is 6.61 Å². The van der Waals surface area contributed by atoms with E-state index in [1.807, 2.05) is 6.92 Å². The van der Waals surface area contributed by atoms with Crippen LogP contribution in [0.3, 0.4) is 0 Å². The van der Waals surface area contributed by atoms with Crippen LogP contribution in [-0.2, 0) is 4.79 Å². The average molecular weight is 291 g/mol. The van der Waals surface area contributed by atoms with Gasteiger partial charge in [0.25, 0.3) is 5.91 Å². The van der Waals surface area contributed by atoms with E-state index >= 15 is 0 Å². The van der Waals surface area contributed by atoms with Crippen molar-refractivity contribution >= 4 is 11.9 Å². The van der Waals surface area contributed by atoms with E-state index in [0.29, 0.717) is 5.92 Å². The molecule has 0 aliphatic carbocycles. The van der Waals surface area contributed by atoms with E-state index in [2.05, 4.69) is 6.92 Å². The topological polar surface area (TPSA) is 66.8 Å². The number of carboxylic acid groups (broad SMARTS) is 1. The zero-order chi connectivity index (χ0) is 15.4. The van der Waals surface area contributed by atoms with E-state index in [9.17, 15) is 9.59 Å². The number of benzene rings is 1. The molecule has 1 aliphatic rings. The van der Waals surface area contributed by atoms with Crippen LogP contribution in [0.5, 0.6) is 5.75 Å². The van der Waals surface area contributed by atoms with E-state index in [1.54, 1.807) is 23.1 Å². The molecule has 1 aromatic rings. The van der Waals surface area contributed by atoms with Crippen molar-refractivity contribution in [2.75, 3.05) is 19.7 Å². The van der Waals surface area contributed by atoms with Gasteiger partial charge in [-0.3, -0.25) is 4.79 Å². The second-order valence-corrected chi connectivity index (χ2v) is 5.68. The molecule has 0 radical (unpaired) electrons. The van der Waals surface area contributed by atoms with Crippen LogP contribution in [0.15, 0.2) is 18.2 Å². The Bertz CT molecular complexity index is 541. The van der Waals surface area contributed by atoms with Gasteiger partial charge in [-0.15, -0.1) is 0 Å². The van der Waals surface area contributed by atoms with Crippen molar-refractivity contribution in [2.45, 2.75) is 26.7 Å². The summed E-state index contributed by atoms with van der Waals surface area (Å²) in [7, 11) is 0. The number of carboxylic acids is 1. The van der Waals surface area contributed by atoms with Crippen LogP contribution < -0.4 is 4.74 Å². The lowest BCUT2D eigenvalue weighted by atomic mass is 10.0. The van der Waals surface area contributed by atoms with Gasteiger partial charge >= 0.3 is 5.97 Å². The normalized spacial score (nSPS) is 18.4. The molecule has 0 spiro atoms. The molecular weight excluding hydrogens is 270 g/mol. The summed E-state index contributed by atoms with van der Waals surface area (Å²) in [6, 6.07) is 4.92. The molecule has 1 fully saturated rings. The Hall–Kier alpha value is -2.04. The number of piperidine rings is 1. The highest BCUT2D eigenvalue weighted by atomic mass is 16.5. The van der Waals surface area contributed by atoms with Gasteiger partial charge in [-0.25, -0.2) is 4.79 Å². The lowest BCUT2D eigenvalue weighted by molar-refractivity contribution is -0.135. The van der Waals surface area contributed by atoms with Crippen LogP contribution >= 0.6 is 0 Å². The molecule has 5 heteroatoms. The van der Waals surface area contributed by atoms with E-state index < -0.39 is 5.97 Å². The smallest absolute Gasteiger partial charge is 0.339 e. The predicted octanol–water partition coefficient (Wildman–Crippen LogP) is 2.33. The van der Waals surface area contributed by atoms with Crippen LogP contribution in [0.25, 0.3) is 0 Å². The minimum Gasteiger partial charge on any atom is -0.483 e. The van der Waals surface area contributed by atoms with Crippen molar-refractivity contribution in [3.05, 3.63) is 29.3 Å². The van der Waals surface area contributed by atoms with E-state index in [1.165, 1.54) is 0 Å². The van der Waals surface area contributed by atoms with Crippen molar-refractivity contribution in [1.82, 2.24) is 4.90 Å². The first-order chi connectivity index (χ1) is 9.97. The van der Waals surface area contributed by atoms with E-state index in [0.717, 1.165) is 31.5 Å². The van der Waals surface area contributed by atoms with Gasteiger partial charge in [-0.1, -0.05) is 18.6 Å². The minimum absolute atomic E-state index is 0.0848. The molecule has 114 valence electrons. The molecule has 1 amide bonds. The van der Waals surface area contributed by atoms with Gasteiger partial charge in [0, 0.05) is 13.1 Å². The lowest BCUT2D eigenvalue weighted by Gasteiger charge is -2.30. The maximum Gasteiger partial charge on any atom is 0.339 e. The van der Waals surface area contributed by atoms with Crippen molar-refractivity contribution in [2.24, 2.45) is 5.92 Å². The molecule has 0 saturated carbocycles. The summed E-state index contributed by atoms with van der Waals surface area (Å²) in [4.78, 5) is 25.1. The molecule has 1 aliphatic heterocycles. The van der Waals surface area contributed by atoms with Crippen LogP contribution in [-0.4, -0.2) is 41.6 Å². The largest absolute Gasteiger partial charge is 0.483 e. The maximum absolute atomic E-state index is 12.1. The highest BCUT2D eigenvalue weighted by molar-refractivity contribution is 5.91. The number of hydrogen-bond donors (Lipinski definition) is 1. The van der Waals surface area contributed by atoms with Gasteiger partial charge in [-0.2, -0.15) is 0 Å². The third kappa shape index (κ3) is 3.97. The standard InChI is InChI=1S/C16H21NO4/c1-11-5-6-14(13(8-11)16(19)20)21-10-15(18)17-7-3-4-12(2)9-17/h5-6,8,12H,3-4,7,9-10H2,1-2H3,(H,19,20). The monoisotopic (exact) mass is 291 g/mol. The van der Waals surface area contributed by atoms with Gasteiger partial charge in [0.2, 0.25) is 0 Å². The SMILES string of the molecule is Cc1ccc(OCC(=O)N2CCCC(C)C2)c(C(=O)O)c1. The Kier molecular flexibility index (Phi) is 4.83. The average Bonchev–Trinajstić information content (AvgIpc) is 2.45. The van der Waals surface area contributed by atoms with Crippen molar-refractivity contribution in [3.8, 4) is 5.75 Å². The van der Waals surface area contributed by atoms with Gasteiger partial charge in [-0.05, 0) is 37.8 Å². The molecule has 1 N–H and O–H groups in total. The number of amides is 1. The van der Waals surface area contributed by atoms with E-state index in [-0.39, 0.29) is 23.8 Å². The predicted molar refractivity (Wildman–Crippen MR) is 78.6 cm³/mol. The quantitative estimate of drug-likeness (QED) is 0.924. The Labute approximate surface area is 124 Å². The zero-order valence-corrected chi connectivity index (χ0v) is 12.5. The number of aryl methyl sites for hydroxylation is 1. The molecule has 1 aromatic carbocycles. The van der Waals surface area contributed by atoms with Crippen LogP contribution in [0.2, 0.25) is 0 Å². The van der Waals surface area contributed by atoms with E-state index in [4.69, 9.17) is 9.84 Å². The van der Waals surface area contributed by atoms with Gasteiger partial charge in [0.1, 0.15) is 11.3 Å². The lowest BCUT2D eigenvalue weighted by Crippen LogP contribution is -2.41. The molecule has 1 atom stereocenters. The van der Waals surface area contributed by atoms with Crippen LogP contribution in [0.4, 0.5) is 0 Å². The van der Waals surface area contributed by atoms with Gasteiger partial charge in [0.05, 0.1) is 0 Å². The maximum atomic E-state index is 12.1. The second-order valence-electron chi connectivity index (χ2n) is 5.68. The molecule has 0 bridgehead atoms. The first-order valence-electron chi connectivity index (χ1n) is 7.22. The highest BCUT2D eigenvalue weighted by Gasteiger charge is 2.21. The minimum atomic E-state index is -1.05. The number of nitrogens with zero attached hydrogens (tertiary/aromatic N) is 1. The molecule has 21 heavy (non-hydrogen) atoms. The van der Waals surface area contributed by atoms with Crippen molar-refractivity contribution in [1.29, 1.82) is 0 Å². The number of ether oxygens (including phenoxy) is 1. The third-order valence-electron chi connectivity index (χ3n) is 3.73. The van der Waals surface area contributed by atoms with Gasteiger partial charge < -0.3 is 14.7 Å². The fourth-order valence-corrected chi connectivity index (χ4v) is 2.58. The number of carbonyl (C=O) groups is 2. The molecule has 0 aromatic heterocycles. The zero-order valence-electron chi connectivity index (χ0n) is 12.5. The Morgan fingerprint density at radius 2 is 2.19 bits per heavy atom. The summed E-state index contributed by atoms with van der Waals surface area (Å²) in [5.41, 5.74) is 0.936. The van der Waals surface area contributed by atoms with Crippen LogP contribution in [0, 0.1) is 12.8 Å². The molecular formula is C16H21NO4. The Balaban J connectivity index is 1.99. The summed E-state index contributed by atoms with van der Waals surface area (Å²) in [5.74, 6) is -0.380. The summed E-state index contributed by atoms with van der Waals surface area (Å²) in [6.07, 6.45) is 2.16. The molecule has 1 saturated heterocycles. The number of aromatic carboxylic acids is 1. The summed E-state index contributed by atoms with van der Waals surface area (Å²) in [5, 5.41) is 9.16. The summed E-state index contributed by atoms with van der Waals surface area (Å²) >= 11 is 0. The fraction of sp³-hybridized carbons (Fsp3) is 0.500. The van der Waals surface area contributed by atoms with Crippen molar-refractivity contribution < 1.29 is 19.4 Å². The Morgan fingerprint density at radius 3 is 2.86 bits per heavy atom. The first kappa shape index (κ1) is 15.4. The fourth-order valence-electron chi connectivity index (χ4n) is 2.58. The molecule has 1 unspecified atom stereocenters. The summed E-state index contributed by atoms with van der Waals surface area (Å²) < 4.78 is 5.43.